The predicted octanol–water partition coefficient (Wildman–Crippen LogP) is 2.08. The summed E-state index contributed by atoms with van der Waals surface area (Å²) in [6.07, 6.45) is 0. The molecule has 2 aromatic heterocycles. The van der Waals surface area contributed by atoms with Gasteiger partial charge in [-0.15, -0.1) is 0 Å². The molecule has 0 aliphatic rings. The molecule has 0 amide bonds. The molecule has 0 unspecified atom stereocenters. The van der Waals surface area contributed by atoms with Crippen molar-refractivity contribution in [1.82, 2.24) is 10.3 Å². The quantitative estimate of drug-likeness (QED) is 0.645. The number of aryl methyl sites for hydroxylation is 2. The average molecular weight is 251 g/mol. The van der Waals surface area contributed by atoms with E-state index in [1.54, 1.807) is 6.07 Å². The Balaban J connectivity index is 1.86. The standard InChI is InChI=1S/C11H13N3O4/c1-7-8(2)17-10(13-7)6-12-5-9-3-4-11(18-9)14(15)16/h3-4,12H,5-6H2,1-2H3. The Bertz CT molecular complexity index is 539. The van der Waals surface area contributed by atoms with Gasteiger partial charge < -0.3 is 14.2 Å². The van der Waals surface area contributed by atoms with Crippen LogP contribution >= 0.6 is 0 Å². The summed E-state index contributed by atoms with van der Waals surface area (Å²) < 4.78 is 10.4. The van der Waals surface area contributed by atoms with Crippen molar-refractivity contribution < 1.29 is 13.8 Å². The Hall–Kier alpha value is -2.15. The molecule has 2 heterocycles. The topological polar surface area (TPSA) is 94.3 Å². The van der Waals surface area contributed by atoms with Crippen LogP contribution in [0.3, 0.4) is 0 Å². The first-order valence-electron chi connectivity index (χ1n) is 5.43. The number of furan rings is 1. The summed E-state index contributed by atoms with van der Waals surface area (Å²) in [6.45, 7) is 4.55. The monoisotopic (exact) mass is 251 g/mol. The summed E-state index contributed by atoms with van der Waals surface area (Å²) in [5.41, 5.74) is 0.862. The van der Waals surface area contributed by atoms with Crippen LogP contribution in [0.4, 0.5) is 5.88 Å². The van der Waals surface area contributed by atoms with Gasteiger partial charge in [0.05, 0.1) is 24.8 Å². The number of nitrogens with zero attached hydrogens (tertiary/aromatic N) is 2. The summed E-state index contributed by atoms with van der Waals surface area (Å²) in [6, 6.07) is 2.90. The maximum atomic E-state index is 10.4. The SMILES string of the molecule is Cc1nc(CNCc2ccc([N+](=O)[O-])o2)oc1C. The van der Waals surface area contributed by atoms with Gasteiger partial charge in [-0.1, -0.05) is 0 Å². The highest BCUT2D eigenvalue weighted by Crippen LogP contribution is 2.15. The Labute approximate surface area is 103 Å². The minimum absolute atomic E-state index is 0.255. The van der Waals surface area contributed by atoms with Crippen LogP contribution in [-0.2, 0) is 13.1 Å². The van der Waals surface area contributed by atoms with Crippen molar-refractivity contribution in [1.29, 1.82) is 0 Å². The minimum Gasteiger partial charge on any atom is -0.444 e. The third-order valence-corrected chi connectivity index (χ3v) is 2.48. The van der Waals surface area contributed by atoms with E-state index in [0.29, 0.717) is 24.7 Å². The summed E-state index contributed by atoms with van der Waals surface area (Å²) >= 11 is 0. The van der Waals surface area contributed by atoms with Crippen molar-refractivity contribution in [2.24, 2.45) is 0 Å². The van der Waals surface area contributed by atoms with Crippen molar-refractivity contribution >= 4 is 5.88 Å². The molecule has 0 saturated carbocycles. The van der Waals surface area contributed by atoms with Crippen LogP contribution in [0.1, 0.15) is 23.1 Å². The summed E-state index contributed by atoms with van der Waals surface area (Å²) in [7, 11) is 0. The summed E-state index contributed by atoms with van der Waals surface area (Å²) in [5.74, 6) is 1.63. The lowest BCUT2D eigenvalue weighted by Gasteiger charge is -1.97. The van der Waals surface area contributed by atoms with Gasteiger partial charge in [-0.2, -0.15) is 0 Å². The number of hydrogen-bond donors (Lipinski definition) is 1. The Kier molecular flexibility index (Phi) is 3.42. The zero-order chi connectivity index (χ0) is 13.1. The van der Waals surface area contributed by atoms with Crippen LogP contribution in [-0.4, -0.2) is 9.91 Å². The minimum atomic E-state index is -0.565. The molecule has 2 rings (SSSR count). The second-order valence-corrected chi connectivity index (χ2v) is 3.85. The van der Waals surface area contributed by atoms with E-state index in [2.05, 4.69) is 10.3 Å². The van der Waals surface area contributed by atoms with Gasteiger partial charge in [0.1, 0.15) is 16.4 Å². The molecule has 2 aromatic rings. The third-order valence-electron chi connectivity index (χ3n) is 2.48. The molecule has 0 aliphatic heterocycles. The number of hydrogen-bond acceptors (Lipinski definition) is 6. The average Bonchev–Trinajstić information content (AvgIpc) is 2.88. The summed E-state index contributed by atoms with van der Waals surface area (Å²) in [4.78, 5) is 14.1. The first-order valence-corrected chi connectivity index (χ1v) is 5.43. The Morgan fingerprint density at radius 1 is 1.33 bits per heavy atom. The van der Waals surface area contributed by atoms with Crippen LogP contribution < -0.4 is 5.32 Å². The van der Waals surface area contributed by atoms with Crippen molar-refractivity contribution in [2.75, 3.05) is 0 Å². The molecule has 0 radical (unpaired) electrons. The van der Waals surface area contributed by atoms with Crippen molar-refractivity contribution in [3.05, 3.63) is 45.4 Å². The normalized spacial score (nSPS) is 10.8. The van der Waals surface area contributed by atoms with E-state index in [0.717, 1.165) is 11.5 Å². The molecule has 7 heteroatoms. The maximum Gasteiger partial charge on any atom is 0.433 e. The van der Waals surface area contributed by atoms with E-state index in [1.807, 2.05) is 13.8 Å². The number of nitrogens with one attached hydrogen (secondary N) is 1. The molecule has 0 bridgehead atoms. The van der Waals surface area contributed by atoms with Crippen molar-refractivity contribution in [2.45, 2.75) is 26.9 Å². The lowest BCUT2D eigenvalue weighted by molar-refractivity contribution is -0.402. The molecule has 96 valence electrons. The largest absolute Gasteiger partial charge is 0.444 e. The second kappa shape index (κ2) is 5.01. The van der Waals surface area contributed by atoms with Gasteiger partial charge in [0.15, 0.2) is 0 Å². The van der Waals surface area contributed by atoms with Crippen LogP contribution in [0.25, 0.3) is 0 Å². The molecule has 0 saturated heterocycles. The fourth-order valence-corrected chi connectivity index (χ4v) is 1.47. The van der Waals surface area contributed by atoms with E-state index in [4.69, 9.17) is 8.83 Å². The third kappa shape index (κ3) is 2.75. The van der Waals surface area contributed by atoms with Crippen molar-refractivity contribution in [3.8, 4) is 0 Å². The van der Waals surface area contributed by atoms with E-state index in [9.17, 15) is 10.1 Å². The molecule has 0 aliphatic carbocycles. The molecule has 0 atom stereocenters. The number of aromatic nitrogens is 1. The van der Waals surface area contributed by atoms with Gasteiger partial charge in [0, 0.05) is 0 Å². The molecular weight excluding hydrogens is 238 g/mol. The van der Waals surface area contributed by atoms with E-state index in [-0.39, 0.29) is 5.88 Å². The first-order chi connectivity index (χ1) is 8.56. The van der Waals surface area contributed by atoms with Crippen molar-refractivity contribution in [3.63, 3.8) is 0 Å². The van der Waals surface area contributed by atoms with Gasteiger partial charge >= 0.3 is 5.88 Å². The number of oxazole rings is 1. The van der Waals surface area contributed by atoms with Gasteiger partial charge in [0.2, 0.25) is 5.89 Å². The lowest BCUT2D eigenvalue weighted by atomic mass is 10.4. The van der Waals surface area contributed by atoms with Gasteiger partial charge in [-0.05, 0) is 19.9 Å². The highest BCUT2D eigenvalue weighted by molar-refractivity contribution is 5.17. The molecule has 0 aromatic carbocycles. The lowest BCUT2D eigenvalue weighted by Crippen LogP contribution is -2.12. The van der Waals surface area contributed by atoms with E-state index < -0.39 is 4.92 Å². The highest BCUT2D eigenvalue weighted by Gasteiger charge is 2.11. The fourth-order valence-electron chi connectivity index (χ4n) is 1.47. The predicted molar refractivity (Wildman–Crippen MR) is 61.9 cm³/mol. The molecule has 18 heavy (non-hydrogen) atoms. The second-order valence-electron chi connectivity index (χ2n) is 3.85. The van der Waals surface area contributed by atoms with E-state index in [1.165, 1.54) is 6.07 Å². The van der Waals surface area contributed by atoms with E-state index >= 15 is 0 Å². The molecule has 1 N–H and O–H groups in total. The fraction of sp³-hybridized carbons (Fsp3) is 0.364. The van der Waals surface area contributed by atoms with Gasteiger partial charge in [0.25, 0.3) is 0 Å². The Morgan fingerprint density at radius 3 is 2.67 bits per heavy atom. The van der Waals surface area contributed by atoms with Gasteiger partial charge in [-0.3, -0.25) is 10.1 Å². The number of rotatable bonds is 5. The van der Waals surface area contributed by atoms with Crippen LogP contribution in [0.15, 0.2) is 21.0 Å². The zero-order valence-electron chi connectivity index (χ0n) is 10.1. The summed E-state index contributed by atoms with van der Waals surface area (Å²) in [5, 5.41) is 13.5. The molecule has 7 nitrogen and oxygen atoms in total. The smallest absolute Gasteiger partial charge is 0.433 e. The highest BCUT2D eigenvalue weighted by atomic mass is 16.6. The zero-order valence-corrected chi connectivity index (χ0v) is 10.1. The number of nitro groups is 1. The first kappa shape index (κ1) is 12.3. The van der Waals surface area contributed by atoms with Crippen LogP contribution in [0.2, 0.25) is 0 Å². The van der Waals surface area contributed by atoms with Crippen LogP contribution in [0, 0.1) is 24.0 Å². The van der Waals surface area contributed by atoms with Gasteiger partial charge in [-0.25, -0.2) is 4.98 Å². The molecular formula is C11H13N3O4. The maximum absolute atomic E-state index is 10.4. The van der Waals surface area contributed by atoms with Crippen LogP contribution in [0.5, 0.6) is 0 Å². The Morgan fingerprint density at radius 2 is 2.11 bits per heavy atom. The molecule has 0 fully saturated rings. The molecule has 0 spiro atoms.